The van der Waals surface area contributed by atoms with Gasteiger partial charge in [-0.1, -0.05) is 0 Å². The molecule has 0 aliphatic heterocycles. The van der Waals surface area contributed by atoms with Crippen LogP contribution >= 0.6 is 0 Å². The zero-order chi connectivity index (χ0) is 13.8. The quantitative estimate of drug-likeness (QED) is 0.832. The molecule has 0 fully saturated rings. The van der Waals surface area contributed by atoms with Crippen molar-refractivity contribution >= 4 is 11.9 Å². The highest BCUT2D eigenvalue weighted by atomic mass is 19.1. The average Bonchev–Trinajstić information content (AvgIpc) is 2.71. The van der Waals surface area contributed by atoms with Crippen molar-refractivity contribution in [3.05, 3.63) is 41.7 Å². The van der Waals surface area contributed by atoms with E-state index in [0.29, 0.717) is 0 Å². The predicted molar refractivity (Wildman–Crippen MR) is 60.6 cm³/mol. The van der Waals surface area contributed by atoms with Gasteiger partial charge in [0.25, 0.3) is 0 Å². The highest BCUT2D eigenvalue weighted by Gasteiger charge is 2.07. The number of esters is 1. The molecule has 1 aromatic heterocycles. The molecule has 0 aliphatic rings. The number of ether oxygens (including phenoxy) is 1. The zero-order valence-electron chi connectivity index (χ0n) is 9.72. The minimum atomic E-state index is -0.727. The van der Waals surface area contributed by atoms with E-state index in [0.717, 1.165) is 18.2 Å². The molecule has 19 heavy (non-hydrogen) atoms. The van der Waals surface area contributed by atoms with Gasteiger partial charge in [0.1, 0.15) is 31.1 Å². The first kappa shape index (κ1) is 12.9. The number of carbonyl (C=O) groups excluding carboxylic acids is 1. The van der Waals surface area contributed by atoms with Crippen LogP contribution in [0.15, 0.2) is 24.5 Å². The van der Waals surface area contributed by atoms with Crippen molar-refractivity contribution in [3.8, 4) is 0 Å². The molecule has 0 radical (unpaired) electrons. The summed E-state index contributed by atoms with van der Waals surface area (Å²) in [5.41, 5.74) is 5.50. The van der Waals surface area contributed by atoms with Crippen LogP contribution in [0.25, 0.3) is 0 Å². The summed E-state index contributed by atoms with van der Waals surface area (Å²) < 4.78 is 31.8. The molecule has 0 atom stereocenters. The van der Waals surface area contributed by atoms with Gasteiger partial charge >= 0.3 is 5.97 Å². The molecule has 0 unspecified atom stereocenters. The SMILES string of the molecule is Nc1ncn(CC(=O)OCc2cc(F)cc(F)c2)n1. The minimum absolute atomic E-state index is 0.0417. The van der Waals surface area contributed by atoms with E-state index in [-0.39, 0.29) is 24.7 Å². The highest BCUT2D eigenvalue weighted by molar-refractivity contribution is 5.69. The molecule has 1 heterocycles. The fourth-order valence-electron chi connectivity index (χ4n) is 1.42. The van der Waals surface area contributed by atoms with E-state index < -0.39 is 17.6 Å². The molecule has 0 aliphatic carbocycles. The molecule has 2 aromatic rings. The van der Waals surface area contributed by atoms with Gasteiger partial charge in [-0.15, -0.1) is 5.10 Å². The number of nitrogens with zero attached hydrogens (tertiary/aromatic N) is 3. The Morgan fingerprint density at radius 2 is 2.00 bits per heavy atom. The van der Waals surface area contributed by atoms with Gasteiger partial charge in [-0.05, 0) is 17.7 Å². The summed E-state index contributed by atoms with van der Waals surface area (Å²) in [7, 11) is 0. The molecule has 2 N–H and O–H groups in total. The van der Waals surface area contributed by atoms with E-state index in [9.17, 15) is 13.6 Å². The van der Waals surface area contributed by atoms with Crippen molar-refractivity contribution in [3.63, 3.8) is 0 Å². The summed E-state index contributed by atoms with van der Waals surface area (Å²) in [4.78, 5) is 15.1. The lowest BCUT2D eigenvalue weighted by Crippen LogP contribution is -2.14. The summed E-state index contributed by atoms with van der Waals surface area (Å²) in [5, 5.41) is 3.70. The van der Waals surface area contributed by atoms with Crippen molar-refractivity contribution in [1.29, 1.82) is 0 Å². The Labute approximate surface area is 106 Å². The number of aromatic nitrogens is 3. The van der Waals surface area contributed by atoms with E-state index >= 15 is 0 Å². The maximum atomic E-state index is 12.9. The number of nitrogen functional groups attached to an aromatic ring is 1. The predicted octanol–water partition coefficient (Wildman–Crippen LogP) is 0.882. The first-order valence-electron chi connectivity index (χ1n) is 5.28. The number of rotatable bonds is 4. The van der Waals surface area contributed by atoms with Gasteiger partial charge < -0.3 is 10.5 Å². The first-order valence-corrected chi connectivity index (χ1v) is 5.28. The van der Waals surface area contributed by atoms with Crippen LogP contribution in [0.3, 0.4) is 0 Å². The lowest BCUT2D eigenvalue weighted by Gasteiger charge is -2.05. The van der Waals surface area contributed by atoms with Gasteiger partial charge in [0.2, 0.25) is 5.95 Å². The van der Waals surface area contributed by atoms with Gasteiger partial charge in [0, 0.05) is 6.07 Å². The molecular weight excluding hydrogens is 258 g/mol. The summed E-state index contributed by atoms with van der Waals surface area (Å²) in [6.07, 6.45) is 1.28. The second-order valence-corrected chi connectivity index (χ2v) is 3.74. The van der Waals surface area contributed by atoms with Crippen molar-refractivity contribution in [2.45, 2.75) is 13.2 Å². The third kappa shape index (κ3) is 3.73. The Morgan fingerprint density at radius 3 is 2.58 bits per heavy atom. The lowest BCUT2D eigenvalue weighted by molar-refractivity contribution is -0.145. The topological polar surface area (TPSA) is 83.0 Å². The van der Waals surface area contributed by atoms with Crippen LogP contribution in [0, 0.1) is 11.6 Å². The van der Waals surface area contributed by atoms with Crippen molar-refractivity contribution in [1.82, 2.24) is 14.8 Å². The fourth-order valence-corrected chi connectivity index (χ4v) is 1.42. The fraction of sp³-hybridized carbons (Fsp3) is 0.182. The Morgan fingerprint density at radius 1 is 1.32 bits per heavy atom. The third-order valence-electron chi connectivity index (χ3n) is 2.17. The molecule has 100 valence electrons. The minimum Gasteiger partial charge on any atom is -0.459 e. The second kappa shape index (κ2) is 5.42. The molecule has 0 saturated carbocycles. The maximum Gasteiger partial charge on any atom is 0.328 e. The van der Waals surface area contributed by atoms with Crippen LogP contribution in [0.4, 0.5) is 14.7 Å². The Kier molecular flexibility index (Phi) is 3.69. The van der Waals surface area contributed by atoms with Crippen LogP contribution in [0.1, 0.15) is 5.56 Å². The number of hydrogen-bond acceptors (Lipinski definition) is 5. The zero-order valence-corrected chi connectivity index (χ0v) is 9.72. The molecule has 2 rings (SSSR count). The van der Waals surface area contributed by atoms with Gasteiger partial charge in [-0.3, -0.25) is 4.79 Å². The van der Waals surface area contributed by atoms with Crippen molar-refractivity contribution < 1.29 is 18.3 Å². The van der Waals surface area contributed by atoms with Gasteiger partial charge in [0.05, 0.1) is 0 Å². The normalized spacial score (nSPS) is 10.4. The second-order valence-electron chi connectivity index (χ2n) is 3.74. The molecule has 0 spiro atoms. The van der Waals surface area contributed by atoms with Crippen molar-refractivity contribution in [2.75, 3.05) is 5.73 Å². The third-order valence-corrected chi connectivity index (χ3v) is 2.17. The molecular formula is C11H10F2N4O2. The van der Waals surface area contributed by atoms with Crippen LogP contribution in [0.2, 0.25) is 0 Å². The van der Waals surface area contributed by atoms with E-state index in [2.05, 4.69) is 10.1 Å². The smallest absolute Gasteiger partial charge is 0.328 e. The Hall–Kier alpha value is -2.51. The van der Waals surface area contributed by atoms with Gasteiger partial charge in [0.15, 0.2) is 0 Å². The van der Waals surface area contributed by atoms with Crippen LogP contribution in [0.5, 0.6) is 0 Å². The molecule has 0 amide bonds. The number of carbonyl (C=O) groups is 1. The van der Waals surface area contributed by atoms with E-state index in [1.54, 1.807) is 0 Å². The van der Waals surface area contributed by atoms with Crippen LogP contribution < -0.4 is 5.73 Å². The lowest BCUT2D eigenvalue weighted by atomic mass is 10.2. The number of hydrogen-bond donors (Lipinski definition) is 1. The first-order chi connectivity index (χ1) is 9.02. The number of halogens is 2. The summed E-state index contributed by atoms with van der Waals surface area (Å²) in [5.74, 6) is -2.03. The highest BCUT2D eigenvalue weighted by Crippen LogP contribution is 2.09. The number of benzene rings is 1. The van der Waals surface area contributed by atoms with Gasteiger partial charge in [-0.25, -0.2) is 18.4 Å². The summed E-state index contributed by atoms with van der Waals surface area (Å²) in [6.45, 7) is -0.403. The number of nitrogens with two attached hydrogens (primary N) is 1. The standard InChI is InChI=1S/C11H10F2N4O2/c12-8-1-7(2-9(13)3-8)5-19-10(18)4-17-6-15-11(14)16-17/h1-3,6H,4-5H2,(H2,14,16). The van der Waals surface area contributed by atoms with E-state index in [4.69, 9.17) is 10.5 Å². The van der Waals surface area contributed by atoms with Crippen LogP contribution in [-0.4, -0.2) is 20.7 Å². The van der Waals surface area contributed by atoms with Crippen molar-refractivity contribution in [2.24, 2.45) is 0 Å². The summed E-state index contributed by atoms with van der Waals surface area (Å²) in [6, 6.07) is 2.91. The molecule has 8 heteroatoms. The Balaban J connectivity index is 1.89. The summed E-state index contributed by atoms with van der Waals surface area (Å²) >= 11 is 0. The molecule has 1 aromatic carbocycles. The molecule has 0 bridgehead atoms. The van der Waals surface area contributed by atoms with E-state index in [1.807, 2.05) is 0 Å². The largest absolute Gasteiger partial charge is 0.459 e. The monoisotopic (exact) mass is 268 g/mol. The molecule has 6 nitrogen and oxygen atoms in total. The number of anilines is 1. The average molecular weight is 268 g/mol. The van der Waals surface area contributed by atoms with E-state index in [1.165, 1.54) is 11.0 Å². The van der Waals surface area contributed by atoms with Crippen LogP contribution in [-0.2, 0) is 22.7 Å². The van der Waals surface area contributed by atoms with Gasteiger partial charge in [-0.2, -0.15) is 0 Å². The molecule has 0 saturated heterocycles. The Bertz CT molecular complexity index is 580. The maximum absolute atomic E-state index is 12.9.